The molecule has 192 valence electrons. The van der Waals surface area contributed by atoms with Crippen molar-refractivity contribution in [1.29, 1.82) is 0 Å². The quantitative estimate of drug-likeness (QED) is 0.499. The summed E-state index contributed by atoms with van der Waals surface area (Å²) in [6.45, 7) is 7.38. The molecule has 0 fully saturated rings. The van der Waals surface area contributed by atoms with Crippen molar-refractivity contribution in [3.05, 3.63) is 64.9 Å². The summed E-state index contributed by atoms with van der Waals surface area (Å²) in [6.07, 6.45) is 1.36. The SMILES string of the molecule is C[C@@H](C(=O)NC(C)(C)C)N(Cc1ccc(F)cc1)C(=O)CCCN(c1ccc(Cl)cc1)S(C)(=O)=O. The molecule has 0 spiro atoms. The first-order chi connectivity index (χ1) is 16.2. The lowest BCUT2D eigenvalue weighted by Gasteiger charge is -2.32. The molecular weight excluding hydrogens is 493 g/mol. The first kappa shape index (κ1) is 28.6. The second-order valence-corrected chi connectivity index (χ2v) is 11.8. The minimum Gasteiger partial charge on any atom is -0.350 e. The molecule has 0 aliphatic heterocycles. The lowest BCUT2D eigenvalue weighted by molar-refractivity contribution is -0.141. The van der Waals surface area contributed by atoms with Gasteiger partial charge in [0, 0.05) is 30.1 Å². The Labute approximate surface area is 212 Å². The number of nitrogens with one attached hydrogen (secondary N) is 1. The number of hydrogen-bond acceptors (Lipinski definition) is 4. The Hall–Kier alpha value is -2.65. The molecule has 2 amide bonds. The molecule has 2 aromatic rings. The normalized spacial score (nSPS) is 12.7. The molecular formula is C25H33ClFN3O4S. The summed E-state index contributed by atoms with van der Waals surface area (Å²) in [4.78, 5) is 27.5. The van der Waals surface area contributed by atoms with E-state index in [1.54, 1.807) is 43.3 Å². The van der Waals surface area contributed by atoms with Gasteiger partial charge in [0.1, 0.15) is 11.9 Å². The smallest absolute Gasteiger partial charge is 0.242 e. The van der Waals surface area contributed by atoms with E-state index < -0.39 is 27.4 Å². The molecule has 35 heavy (non-hydrogen) atoms. The van der Waals surface area contributed by atoms with Crippen LogP contribution in [0.5, 0.6) is 0 Å². The summed E-state index contributed by atoms with van der Waals surface area (Å²) in [6, 6.07) is 11.3. The number of rotatable bonds is 10. The molecule has 0 aliphatic carbocycles. The molecule has 0 saturated heterocycles. The zero-order valence-electron chi connectivity index (χ0n) is 20.7. The largest absolute Gasteiger partial charge is 0.350 e. The van der Waals surface area contributed by atoms with Crippen molar-refractivity contribution in [3.8, 4) is 0 Å². The number of carbonyl (C=O) groups is 2. The third-order valence-electron chi connectivity index (χ3n) is 5.20. The maximum atomic E-state index is 13.4. The van der Waals surface area contributed by atoms with Crippen LogP contribution < -0.4 is 9.62 Å². The van der Waals surface area contributed by atoms with E-state index in [0.29, 0.717) is 16.3 Å². The Morgan fingerprint density at radius 2 is 1.63 bits per heavy atom. The maximum Gasteiger partial charge on any atom is 0.242 e. The predicted molar refractivity (Wildman–Crippen MR) is 137 cm³/mol. The van der Waals surface area contributed by atoms with Crippen LogP contribution in [0.4, 0.5) is 10.1 Å². The van der Waals surface area contributed by atoms with Crippen LogP contribution in [-0.2, 0) is 26.2 Å². The van der Waals surface area contributed by atoms with Gasteiger partial charge in [0.25, 0.3) is 0 Å². The van der Waals surface area contributed by atoms with Crippen molar-refractivity contribution in [1.82, 2.24) is 10.2 Å². The molecule has 0 radical (unpaired) electrons. The number of anilines is 1. The van der Waals surface area contributed by atoms with Gasteiger partial charge >= 0.3 is 0 Å². The van der Waals surface area contributed by atoms with Gasteiger partial charge in [0.2, 0.25) is 21.8 Å². The van der Waals surface area contributed by atoms with Crippen molar-refractivity contribution in [2.45, 2.75) is 58.7 Å². The highest BCUT2D eigenvalue weighted by Crippen LogP contribution is 2.21. The lowest BCUT2D eigenvalue weighted by Crippen LogP contribution is -2.52. The van der Waals surface area contributed by atoms with E-state index in [0.717, 1.165) is 6.26 Å². The highest BCUT2D eigenvalue weighted by atomic mass is 35.5. The standard InChI is InChI=1S/C25H33ClFN3O4S/c1-18(24(32)28-25(2,3)4)29(17-19-8-12-21(27)13-9-19)23(31)7-6-16-30(35(5,33)34)22-14-10-20(26)11-15-22/h8-15,18H,6-7,16-17H2,1-5H3,(H,28,32)/t18-/m0/s1. The van der Waals surface area contributed by atoms with Gasteiger partial charge in [-0.25, -0.2) is 12.8 Å². The number of sulfonamides is 1. The summed E-state index contributed by atoms with van der Waals surface area (Å²) in [5, 5.41) is 3.36. The number of carbonyl (C=O) groups excluding carboxylic acids is 2. The molecule has 2 aromatic carbocycles. The predicted octanol–water partition coefficient (Wildman–Crippen LogP) is 4.36. The second-order valence-electron chi connectivity index (χ2n) is 9.48. The van der Waals surface area contributed by atoms with Crippen LogP contribution in [0.3, 0.4) is 0 Å². The number of halogens is 2. The Kier molecular flexibility index (Phi) is 9.68. The fourth-order valence-electron chi connectivity index (χ4n) is 3.45. The van der Waals surface area contributed by atoms with Crippen LogP contribution in [0.15, 0.2) is 48.5 Å². The topological polar surface area (TPSA) is 86.8 Å². The Balaban J connectivity index is 2.17. The molecule has 0 unspecified atom stereocenters. The van der Waals surface area contributed by atoms with E-state index in [9.17, 15) is 22.4 Å². The summed E-state index contributed by atoms with van der Waals surface area (Å²) >= 11 is 5.91. The van der Waals surface area contributed by atoms with Gasteiger partial charge < -0.3 is 10.2 Å². The summed E-state index contributed by atoms with van der Waals surface area (Å²) < 4.78 is 39.2. The van der Waals surface area contributed by atoms with Crippen molar-refractivity contribution in [2.75, 3.05) is 17.1 Å². The van der Waals surface area contributed by atoms with Crippen LogP contribution >= 0.6 is 11.6 Å². The molecule has 0 bridgehead atoms. The van der Waals surface area contributed by atoms with Gasteiger partial charge in [0.15, 0.2) is 0 Å². The van der Waals surface area contributed by atoms with Gasteiger partial charge in [-0.1, -0.05) is 23.7 Å². The van der Waals surface area contributed by atoms with Crippen molar-refractivity contribution >= 4 is 39.1 Å². The van der Waals surface area contributed by atoms with E-state index in [-0.39, 0.29) is 37.7 Å². The van der Waals surface area contributed by atoms with E-state index >= 15 is 0 Å². The number of hydrogen-bond donors (Lipinski definition) is 1. The van der Waals surface area contributed by atoms with Gasteiger partial charge in [-0.2, -0.15) is 0 Å². The minimum absolute atomic E-state index is 0.0218. The van der Waals surface area contributed by atoms with Crippen molar-refractivity contribution < 1.29 is 22.4 Å². The van der Waals surface area contributed by atoms with Crippen LogP contribution in [0, 0.1) is 5.82 Å². The summed E-state index contributed by atoms with van der Waals surface area (Å²) in [5.41, 5.74) is 0.643. The zero-order chi connectivity index (χ0) is 26.4. The monoisotopic (exact) mass is 525 g/mol. The third-order valence-corrected chi connectivity index (χ3v) is 6.64. The van der Waals surface area contributed by atoms with E-state index in [4.69, 9.17) is 11.6 Å². The molecule has 0 saturated carbocycles. The molecule has 1 N–H and O–H groups in total. The van der Waals surface area contributed by atoms with Crippen molar-refractivity contribution in [2.24, 2.45) is 0 Å². The molecule has 7 nitrogen and oxygen atoms in total. The van der Waals surface area contributed by atoms with Crippen LogP contribution in [0.25, 0.3) is 0 Å². The number of benzene rings is 2. The number of amides is 2. The Bertz CT molecular complexity index is 1120. The van der Waals surface area contributed by atoms with Gasteiger partial charge in [-0.3, -0.25) is 13.9 Å². The van der Waals surface area contributed by atoms with Gasteiger partial charge in [-0.05, 0) is 76.1 Å². The summed E-state index contributed by atoms with van der Waals surface area (Å²) in [7, 11) is -3.59. The van der Waals surface area contributed by atoms with Crippen LogP contribution in [0.1, 0.15) is 46.1 Å². The lowest BCUT2D eigenvalue weighted by atomic mass is 10.1. The third kappa shape index (κ3) is 9.14. The fraction of sp³-hybridized carbons (Fsp3) is 0.440. The van der Waals surface area contributed by atoms with Crippen LogP contribution in [0.2, 0.25) is 5.02 Å². The first-order valence-corrected chi connectivity index (χ1v) is 13.5. The molecule has 0 aromatic heterocycles. The van der Waals surface area contributed by atoms with E-state index in [2.05, 4.69) is 5.32 Å². The van der Waals surface area contributed by atoms with E-state index in [1.165, 1.54) is 21.3 Å². The van der Waals surface area contributed by atoms with E-state index in [1.807, 2.05) is 20.8 Å². The van der Waals surface area contributed by atoms with Gasteiger partial charge in [-0.15, -0.1) is 0 Å². The van der Waals surface area contributed by atoms with Gasteiger partial charge in [0.05, 0.1) is 11.9 Å². The highest BCUT2D eigenvalue weighted by molar-refractivity contribution is 7.92. The second kappa shape index (κ2) is 11.9. The Morgan fingerprint density at radius 3 is 2.14 bits per heavy atom. The van der Waals surface area contributed by atoms with Crippen LogP contribution in [-0.4, -0.2) is 49.5 Å². The highest BCUT2D eigenvalue weighted by Gasteiger charge is 2.28. The molecule has 0 aliphatic rings. The van der Waals surface area contributed by atoms with Crippen molar-refractivity contribution in [3.63, 3.8) is 0 Å². The molecule has 2 rings (SSSR count). The molecule has 0 heterocycles. The average Bonchev–Trinajstić information content (AvgIpc) is 2.74. The molecule has 10 heteroatoms. The Morgan fingerprint density at radius 1 is 1.06 bits per heavy atom. The maximum absolute atomic E-state index is 13.4. The molecule has 1 atom stereocenters. The first-order valence-electron chi connectivity index (χ1n) is 11.3. The fourth-order valence-corrected chi connectivity index (χ4v) is 4.55. The minimum atomic E-state index is -3.59. The summed E-state index contributed by atoms with van der Waals surface area (Å²) in [5.74, 6) is -1.02. The zero-order valence-corrected chi connectivity index (χ0v) is 22.3. The number of nitrogens with zero attached hydrogens (tertiary/aromatic N) is 2. The average molecular weight is 526 g/mol.